The predicted molar refractivity (Wildman–Crippen MR) is 111 cm³/mol. The Morgan fingerprint density at radius 1 is 0.857 bits per heavy atom. The van der Waals surface area contributed by atoms with Gasteiger partial charge in [-0.3, -0.25) is 4.79 Å². The molecule has 0 aliphatic carbocycles. The van der Waals surface area contributed by atoms with Gasteiger partial charge in [0.25, 0.3) is 11.9 Å². The SMILES string of the molecule is CCO/C(=N\C(=O)c1ccccc1)N1Cc2ccccc2-c2ccccc2C1. The van der Waals surface area contributed by atoms with Gasteiger partial charge in [0.15, 0.2) is 0 Å². The summed E-state index contributed by atoms with van der Waals surface area (Å²) < 4.78 is 5.81. The minimum atomic E-state index is -0.296. The van der Waals surface area contributed by atoms with Crippen molar-refractivity contribution in [3.8, 4) is 11.1 Å². The van der Waals surface area contributed by atoms with Gasteiger partial charge in [0, 0.05) is 18.7 Å². The van der Waals surface area contributed by atoms with Crippen LogP contribution in [0.2, 0.25) is 0 Å². The first-order chi connectivity index (χ1) is 13.8. The molecule has 1 amide bonds. The molecule has 0 N–H and O–H groups in total. The molecule has 4 rings (SSSR count). The summed E-state index contributed by atoms with van der Waals surface area (Å²) in [6.07, 6.45) is 0. The fraction of sp³-hybridized carbons (Fsp3) is 0.167. The number of benzene rings is 3. The molecular weight excluding hydrogens is 348 g/mol. The molecule has 1 heterocycles. The summed E-state index contributed by atoms with van der Waals surface area (Å²) in [5.41, 5.74) is 5.35. The highest BCUT2D eigenvalue weighted by molar-refractivity contribution is 6.01. The minimum absolute atomic E-state index is 0.296. The zero-order chi connectivity index (χ0) is 19.3. The van der Waals surface area contributed by atoms with E-state index < -0.39 is 0 Å². The van der Waals surface area contributed by atoms with Crippen LogP contribution in [0.15, 0.2) is 83.9 Å². The second-order valence-electron chi connectivity index (χ2n) is 6.67. The Hall–Kier alpha value is -3.40. The predicted octanol–water partition coefficient (Wildman–Crippen LogP) is 4.90. The van der Waals surface area contributed by atoms with Gasteiger partial charge >= 0.3 is 0 Å². The van der Waals surface area contributed by atoms with E-state index in [1.807, 2.05) is 42.2 Å². The Bertz CT molecular complexity index is 964. The molecule has 0 saturated carbocycles. The average Bonchev–Trinajstić information content (AvgIpc) is 2.91. The summed E-state index contributed by atoms with van der Waals surface area (Å²) in [6, 6.07) is 26.2. The summed E-state index contributed by atoms with van der Waals surface area (Å²) >= 11 is 0. The summed E-state index contributed by atoms with van der Waals surface area (Å²) in [7, 11) is 0. The maximum Gasteiger partial charge on any atom is 0.296 e. The van der Waals surface area contributed by atoms with Crippen LogP contribution in [0.4, 0.5) is 0 Å². The first kappa shape index (κ1) is 18.0. The summed E-state index contributed by atoms with van der Waals surface area (Å²) in [4.78, 5) is 19.0. The van der Waals surface area contributed by atoms with E-state index in [0.717, 1.165) is 0 Å². The summed E-state index contributed by atoms with van der Waals surface area (Å²) in [5, 5.41) is 0. The van der Waals surface area contributed by atoms with E-state index in [1.54, 1.807) is 12.1 Å². The Kier molecular flexibility index (Phi) is 5.20. The Morgan fingerprint density at radius 3 is 1.96 bits per heavy atom. The van der Waals surface area contributed by atoms with E-state index in [2.05, 4.69) is 41.4 Å². The van der Waals surface area contributed by atoms with Crippen LogP contribution >= 0.6 is 0 Å². The van der Waals surface area contributed by atoms with Gasteiger partial charge in [-0.05, 0) is 41.3 Å². The lowest BCUT2D eigenvalue weighted by Crippen LogP contribution is -2.32. The number of carbonyl (C=O) groups excluding carboxylic acids is 1. The van der Waals surface area contributed by atoms with Crippen molar-refractivity contribution in [2.24, 2.45) is 4.99 Å². The fourth-order valence-corrected chi connectivity index (χ4v) is 3.50. The lowest BCUT2D eigenvalue weighted by atomic mass is 9.97. The number of carbonyl (C=O) groups is 1. The van der Waals surface area contributed by atoms with Crippen LogP contribution in [0.3, 0.4) is 0 Å². The largest absolute Gasteiger partial charge is 0.465 e. The molecular formula is C24H22N2O2. The van der Waals surface area contributed by atoms with E-state index in [-0.39, 0.29) is 5.91 Å². The number of ether oxygens (including phenoxy) is 1. The maximum atomic E-state index is 12.7. The van der Waals surface area contributed by atoms with E-state index >= 15 is 0 Å². The molecule has 0 spiro atoms. The normalized spacial score (nSPS) is 13.3. The Balaban J connectivity index is 1.74. The molecule has 0 atom stereocenters. The molecule has 1 aliphatic heterocycles. The van der Waals surface area contributed by atoms with Gasteiger partial charge in [-0.15, -0.1) is 0 Å². The second-order valence-corrected chi connectivity index (χ2v) is 6.67. The molecule has 0 radical (unpaired) electrons. The van der Waals surface area contributed by atoms with Gasteiger partial charge in [-0.2, -0.15) is 4.99 Å². The quantitative estimate of drug-likeness (QED) is 0.476. The fourth-order valence-electron chi connectivity index (χ4n) is 3.50. The number of nitrogens with zero attached hydrogens (tertiary/aromatic N) is 2. The van der Waals surface area contributed by atoms with Crippen LogP contribution in [-0.4, -0.2) is 23.4 Å². The molecule has 3 aromatic carbocycles. The lowest BCUT2D eigenvalue weighted by molar-refractivity contribution is 0.0993. The molecule has 0 unspecified atom stereocenters. The standard InChI is InChI=1S/C24H22N2O2/c1-2-28-24(25-23(27)18-10-4-3-5-11-18)26-16-19-12-6-8-14-21(19)22-15-9-7-13-20(22)17-26/h3-15H,2,16-17H2,1H3/b25-24-. The molecule has 3 aromatic rings. The van der Waals surface area contributed by atoms with Crippen molar-refractivity contribution in [2.45, 2.75) is 20.0 Å². The van der Waals surface area contributed by atoms with Crippen molar-refractivity contribution < 1.29 is 9.53 Å². The molecule has 4 heteroatoms. The minimum Gasteiger partial charge on any atom is -0.465 e. The van der Waals surface area contributed by atoms with Crippen LogP contribution in [0.5, 0.6) is 0 Å². The van der Waals surface area contributed by atoms with Gasteiger partial charge in [0.1, 0.15) is 0 Å². The van der Waals surface area contributed by atoms with E-state index in [1.165, 1.54) is 22.3 Å². The van der Waals surface area contributed by atoms with Crippen LogP contribution in [0.1, 0.15) is 28.4 Å². The zero-order valence-corrected chi connectivity index (χ0v) is 15.8. The second kappa shape index (κ2) is 8.09. The highest BCUT2D eigenvalue weighted by atomic mass is 16.5. The number of fused-ring (bicyclic) bond motifs is 3. The summed E-state index contributed by atoms with van der Waals surface area (Å²) in [5.74, 6) is -0.296. The first-order valence-electron chi connectivity index (χ1n) is 9.48. The maximum absolute atomic E-state index is 12.7. The van der Waals surface area contributed by atoms with Crippen molar-refractivity contribution in [3.05, 3.63) is 95.6 Å². The molecule has 0 fully saturated rings. The number of hydrogen-bond donors (Lipinski definition) is 0. The molecule has 0 saturated heterocycles. The van der Waals surface area contributed by atoms with Crippen LogP contribution < -0.4 is 0 Å². The highest BCUT2D eigenvalue weighted by Gasteiger charge is 2.23. The van der Waals surface area contributed by atoms with Crippen molar-refractivity contribution >= 4 is 11.9 Å². The van der Waals surface area contributed by atoms with Gasteiger partial charge in [0.2, 0.25) is 0 Å². The van der Waals surface area contributed by atoms with Crippen LogP contribution in [0.25, 0.3) is 11.1 Å². The third-order valence-electron chi connectivity index (χ3n) is 4.81. The third-order valence-corrected chi connectivity index (χ3v) is 4.81. The lowest BCUT2D eigenvalue weighted by Gasteiger charge is -2.24. The molecule has 140 valence electrons. The van der Waals surface area contributed by atoms with Gasteiger partial charge in [0.05, 0.1) is 6.61 Å². The molecule has 4 nitrogen and oxygen atoms in total. The van der Waals surface area contributed by atoms with Gasteiger partial charge in [-0.1, -0.05) is 66.7 Å². The smallest absolute Gasteiger partial charge is 0.296 e. The van der Waals surface area contributed by atoms with Crippen LogP contribution in [-0.2, 0) is 17.8 Å². The number of aliphatic imine (C=N–C) groups is 1. The van der Waals surface area contributed by atoms with Crippen molar-refractivity contribution in [3.63, 3.8) is 0 Å². The number of hydrogen-bond acceptors (Lipinski definition) is 2. The first-order valence-corrected chi connectivity index (χ1v) is 9.48. The number of amides is 1. The van der Waals surface area contributed by atoms with E-state index in [9.17, 15) is 4.79 Å². The van der Waals surface area contributed by atoms with Gasteiger partial charge < -0.3 is 9.64 Å². The Labute approximate surface area is 165 Å². The number of rotatable bonds is 2. The molecule has 28 heavy (non-hydrogen) atoms. The van der Waals surface area contributed by atoms with E-state index in [4.69, 9.17) is 4.74 Å². The number of amidine groups is 1. The zero-order valence-electron chi connectivity index (χ0n) is 15.8. The average molecular weight is 370 g/mol. The van der Waals surface area contributed by atoms with Crippen molar-refractivity contribution in [2.75, 3.05) is 6.61 Å². The third kappa shape index (κ3) is 3.67. The molecule has 0 aromatic heterocycles. The topological polar surface area (TPSA) is 41.9 Å². The molecule has 1 aliphatic rings. The highest BCUT2D eigenvalue weighted by Crippen LogP contribution is 2.32. The van der Waals surface area contributed by atoms with Crippen LogP contribution in [0, 0.1) is 0 Å². The van der Waals surface area contributed by atoms with Gasteiger partial charge in [-0.25, -0.2) is 0 Å². The summed E-state index contributed by atoms with van der Waals surface area (Å²) in [6.45, 7) is 3.61. The molecule has 0 bridgehead atoms. The monoisotopic (exact) mass is 370 g/mol. The van der Waals surface area contributed by atoms with E-state index in [0.29, 0.717) is 31.3 Å². The van der Waals surface area contributed by atoms with Crippen molar-refractivity contribution in [1.82, 2.24) is 4.90 Å². The Morgan fingerprint density at radius 2 is 1.39 bits per heavy atom. The van der Waals surface area contributed by atoms with Crippen molar-refractivity contribution in [1.29, 1.82) is 0 Å².